The van der Waals surface area contributed by atoms with Crippen molar-refractivity contribution < 1.29 is 0 Å². The van der Waals surface area contributed by atoms with Crippen molar-refractivity contribution in [3.05, 3.63) is 47.3 Å². The summed E-state index contributed by atoms with van der Waals surface area (Å²) in [4.78, 5) is 1.34. The van der Waals surface area contributed by atoms with Crippen molar-refractivity contribution in [1.82, 2.24) is 15.1 Å². The lowest BCUT2D eigenvalue weighted by Crippen LogP contribution is -2.15. The topological polar surface area (TPSA) is 29.9 Å². The van der Waals surface area contributed by atoms with E-state index in [-0.39, 0.29) is 0 Å². The van der Waals surface area contributed by atoms with Crippen LogP contribution in [0.3, 0.4) is 0 Å². The maximum atomic E-state index is 4.51. The van der Waals surface area contributed by atoms with E-state index in [4.69, 9.17) is 0 Å². The molecule has 0 unspecified atom stereocenters. The predicted octanol–water partition coefficient (Wildman–Crippen LogP) is 3.53. The van der Waals surface area contributed by atoms with Crippen LogP contribution in [0, 0.1) is 0 Å². The summed E-state index contributed by atoms with van der Waals surface area (Å²) in [6, 6.07) is 11.8. The molecule has 1 aliphatic rings. The zero-order valence-corrected chi connectivity index (χ0v) is 13.6. The van der Waals surface area contributed by atoms with E-state index in [1.54, 1.807) is 0 Å². The van der Waals surface area contributed by atoms with Crippen molar-refractivity contribution in [3.8, 4) is 0 Å². The lowest BCUT2D eigenvalue weighted by molar-refractivity contribution is 0.687. The molecule has 21 heavy (non-hydrogen) atoms. The highest BCUT2D eigenvalue weighted by molar-refractivity contribution is 7.98. The van der Waals surface area contributed by atoms with Gasteiger partial charge in [0.2, 0.25) is 0 Å². The van der Waals surface area contributed by atoms with Gasteiger partial charge in [0.25, 0.3) is 0 Å². The molecular formula is C17H23N3S. The second kappa shape index (κ2) is 6.67. The van der Waals surface area contributed by atoms with E-state index in [1.807, 2.05) is 23.5 Å². The third kappa shape index (κ3) is 4.11. The average Bonchev–Trinajstić information content (AvgIpc) is 3.26. The predicted molar refractivity (Wildman–Crippen MR) is 88.5 cm³/mol. The number of aryl methyl sites for hydroxylation is 2. The highest BCUT2D eigenvalue weighted by atomic mass is 32.2. The first-order chi connectivity index (χ1) is 10.2. The number of hydrogen-bond donors (Lipinski definition) is 1. The molecule has 3 rings (SSSR count). The summed E-state index contributed by atoms with van der Waals surface area (Å²) in [6.07, 6.45) is 3.68. The van der Waals surface area contributed by atoms with Crippen LogP contribution in [0.5, 0.6) is 0 Å². The van der Waals surface area contributed by atoms with Crippen molar-refractivity contribution in [3.63, 3.8) is 0 Å². The quantitative estimate of drug-likeness (QED) is 0.794. The second-order valence-corrected chi connectivity index (χ2v) is 6.74. The van der Waals surface area contributed by atoms with Crippen molar-refractivity contribution in [2.45, 2.75) is 49.4 Å². The molecule has 1 aliphatic carbocycles. The van der Waals surface area contributed by atoms with Crippen LogP contribution in [-0.4, -0.2) is 15.8 Å². The molecule has 0 radical (unpaired) electrons. The molecule has 1 heterocycles. The van der Waals surface area contributed by atoms with Crippen LogP contribution in [-0.2, 0) is 25.8 Å². The minimum Gasteiger partial charge on any atom is -0.310 e. The minimum atomic E-state index is 0.767. The lowest BCUT2D eigenvalue weighted by Gasteiger charge is -2.06. The molecule has 1 N–H and O–H groups in total. The highest BCUT2D eigenvalue weighted by Gasteiger charge is 2.19. The summed E-state index contributed by atoms with van der Waals surface area (Å²) in [6.45, 7) is 3.14. The van der Waals surface area contributed by atoms with E-state index >= 15 is 0 Å². The molecule has 0 amide bonds. The molecule has 0 spiro atoms. The maximum absolute atomic E-state index is 4.51. The molecule has 3 nitrogen and oxygen atoms in total. The van der Waals surface area contributed by atoms with Crippen molar-refractivity contribution in [2.24, 2.45) is 7.05 Å². The summed E-state index contributed by atoms with van der Waals surface area (Å²) in [5, 5.41) is 8.08. The molecular weight excluding hydrogens is 278 g/mol. The molecule has 112 valence electrons. The molecule has 2 aromatic rings. The molecule has 1 aromatic heterocycles. The summed E-state index contributed by atoms with van der Waals surface area (Å²) >= 11 is 1.89. The molecule has 0 bridgehead atoms. The molecule has 1 saturated carbocycles. The van der Waals surface area contributed by atoms with Crippen LogP contribution in [0.25, 0.3) is 0 Å². The summed E-state index contributed by atoms with van der Waals surface area (Å²) in [5.74, 6) is 0.975. The van der Waals surface area contributed by atoms with Crippen LogP contribution in [0.15, 0.2) is 35.2 Å². The van der Waals surface area contributed by atoms with Crippen LogP contribution in [0.2, 0.25) is 0 Å². The van der Waals surface area contributed by atoms with E-state index in [0.29, 0.717) is 0 Å². The number of benzene rings is 1. The average molecular weight is 301 g/mol. The second-order valence-electron chi connectivity index (χ2n) is 5.70. The molecule has 0 saturated heterocycles. The number of rotatable bonds is 7. The number of hydrogen-bond acceptors (Lipinski definition) is 3. The number of thioether (sulfide) groups is 1. The van der Waals surface area contributed by atoms with Gasteiger partial charge in [-0.15, -0.1) is 11.8 Å². The van der Waals surface area contributed by atoms with Crippen molar-refractivity contribution >= 4 is 11.8 Å². The zero-order valence-electron chi connectivity index (χ0n) is 12.8. The Hall–Kier alpha value is -1.26. The van der Waals surface area contributed by atoms with Gasteiger partial charge < -0.3 is 5.32 Å². The Kier molecular flexibility index (Phi) is 4.66. The Balaban J connectivity index is 1.58. The van der Waals surface area contributed by atoms with Crippen LogP contribution in [0.4, 0.5) is 0 Å². The van der Waals surface area contributed by atoms with Gasteiger partial charge in [-0.3, -0.25) is 4.68 Å². The normalized spacial score (nSPS) is 14.6. The fourth-order valence-electron chi connectivity index (χ4n) is 2.33. The molecule has 0 atom stereocenters. The molecule has 1 aromatic carbocycles. The van der Waals surface area contributed by atoms with E-state index in [9.17, 15) is 0 Å². The van der Waals surface area contributed by atoms with Gasteiger partial charge in [-0.05, 0) is 43.0 Å². The minimum absolute atomic E-state index is 0.767. The Morgan fingerprint density at radius 1 is 1.33 bits per heavy atom. The van der Waals surface area contributed by atoms with Gasteiger partial charge in [-0.2, -0.15) is 5.10 Å². The summed E-state index contributed by atoms with van der Waals surface area (Å²) in [5.41, 5.74) is 3.85. The largest absolute Gasteiger partial charge is 0.310 e. The van der Waals surface area contributed by atoms with E-state index in [1.165, 1.54) is 34.7 Å². The molecule has 0 aliphatic heterocycles. The molecule has 4 heteroatoms. The standard InChI is InChI=1S/C17H23N3S/c1-3-14-10-16(20(2)19-14)12-21-17-6-4-5-13(9-17)11-18-15-7-8-15/h4-6,9-10,15,18H,3,7-8,11-12H2,1-2H3. The van der Waals surface area contributed by atoms with Crippen LogP contribution < -0.4 is 5.32 Å². The monoisotopic (exact) mass is 301 g/mol. The van der Waals surface area contributed by atoms with E-state index < -0.39 is 0 Å². The smallest absolute Gasteiger partial charge is 0.0625 e. The van der Waals surface area contributed by atoms with Gasteiger partial charge in [0.05, 0.1) is 5.69 Å². The van der Waals surface area contributed by atoms with Crippen molar-refractivity contribution in [2.75, 3.05) is 0 Å². The number of aromatic nitrogens is 2. The van der Waals surface area contributed by atoms with E-state index in [0.717, 1.165) is 24.8 Å². The summed E-state index contributed by atoms with van der Waals surface area (Å²) in [7, 11) is 2.03. The van der Waals surface area contributed by atoms with Gasteiger partial charge in [0, 0.05) is 36.0 Å². The first-order valence-corrected chi connectivity index (χ1v) is 8.70. The third-order valence-electron chi connectivity index (χ3n) is 3.85. The fourth-order valence-corrected chi connectivity index (χ4v) is 3.33. The first-order valence-electron chi connectivity index (χ1n) is 7.71. The van der Waals surface area contributed by atoms with Gasteiger partial charge in [0.1, 0.15) is 0 Å². The van der Waals surface area contributed by atoms with E-state index in [2.05, 4.69) is 47.7 Å². The summed E-state index contributed by atoms with van der Waals surface area (Å²) < 4.78 is 2.00. The van der Waals surface area contributed by atoms with Crippen LogP contribution >= 0.6 is 11.8 Å². The lowest BCUT2D eigenvalue weighted by atomic mass is 10.2. The first kappa shape index (κ1) is 14.7. The SMILES string of the molecule is CCc1cc(CSc2cccc(CNC3CC3)c2)n(C)n1. The Labute approximate surface area is 131 Å². The van der Waals surface area contributed by atoms with Gasteiger partial charge in [-0.1, -0.05) is 19.1 Å². The van der Waals surface area contributed by atoms with Gasteiger partial charge in [0.15, 0.2) is 0 Å². The maximum Gasteiger partial charge on any atom is 0.0625 e. The number of nitrogens with one attached hydrogen (secondary N) is 1. The zero-order chi connectivity index (χ0) is 14.7. The van der Waals surface area contributed by atoms with Gasteiger partial charge >= 0.3 is 0 Å². The number of nitrogens with zero attached hydrogens (tertiary/aromatic N) is 2. The molecule has 1 fully saturated rings. The Bertz CT molecular complexity index is 602. The fraction of sp³-hybridized carbons (Fsp3) is 0.471. The Morgan fingerprint density at radius 3 is 2.90 bits per heavy atom. The van der Waals surface area contributed by atoms with Crippen molar-refractivity contribution in [1.29, 1.82) is 0 Å². The Morgan fingerprint density at radius 2 is 2.19 bits per heavy atom. The van der Waals surface area contributed by atoms with Crippen LogP contribution in [0.1, 0.15) is 36.7 Å². The highest BCUT2D eigenvalue weighted by Crippen LogP contribution is 2.25. The third-order valence-corrected chi connectivity index (χ3v) is 4.87. The van der Waals surface area contributed by atoms with Gasteiger partial charge in [-0.25, -0.2) is 0 Å².